The van der Waals surface area contributed by atoms with E-state index in [0.717, 1.165) is 38.5 Å². The van der Waals surface area contributed by atoms with Crippen molar-refractivity contribution in [2.75, 3.05) is 0 Å². The number of carboxylic acid groups (broad SMARTS) is 2. The fraction of sp³-hybridized carbons (Fsp3) is 0.875. The van der Waals surface area contributed by atoms with Gasteiger partial charge in [-0.3, -0.25) is 0 Å². The SMILES string of the molecule is CC1CCCC(C(=O)[O-])C1.CC1CCCC(C(=O)[O-])C1.[Zn+2]. The molecule has 0 spiro atoms. The van der Waals surface area contributed by atoms with Gasteiger partial charge in [-0.1, -0.05) is 39.5 Å². The summed E-state index contributed by atoms with van der Waals surface area (Å²) in [6, 6.07) is 0. The molecule has 0 amide bonds. The van der Waals surface area contributed by atoms with Gasteiger partial charge in [-0.15, -0.1) is 0 Å². The third-order valence-corrected chi connectivity index (χ3v) is 4.54. The Balaban J connectivity index is 0.000000364. The summed E-state index contributed by atoms with van der Waals surface area (Å²) in [7, 11) is 0. The molecule has 0 heterocycles. The topological polar surface area (TPSA) is 80.3 Å². The summed E-state index contributed by atoms with van der Waals surface area (Å²) in [6.07, 6.45) is 7.78. The zero-order chi connectivity index (χ0) is 15.1. The predicted molar refractivity (Wildman–Crippen MR) is 72.3 cm³/mol. The van der Waals surface area contributed by atoms with Crippen molar-refractivity contribution in [2.45, 2.75) is 65.2 Å². The van der Waals surface area contributed by atoms with Crippen LogP contribution in [0.5, 0.6) is 0 Å². The fourth-order valence-corrected chi connectivity index (χ4v) is 3.30. The Morgan fingerprint density at radius 3 is 1.29 bits per heavy atom. The van der Waals surface area contributed by atoms with Crippen molar-refractivity contribution in [2.24, 2.45) is 23.7 Å². The van der Waals surface area contributed by atoms with Crippen LogP contribution in [0.4, 0.5) is 0 Å². The molecular weight excluding hydrogens is 322 g/mol. The van der Waals surface area contributed by atoms with Crippen molar-refractivity contribution in [3.63, 3.8) is 0 Å². The van der Waals surface area contributed by atoms with E-state index in [0.29, 0.717) is 11.8 Å². The quantitative estimate of drug-likeness (QED) is 0.701. The van der Waals surface area contributed by atoms with Crippen molar-refractivity contribution < 1.29 is 39.3 Å². The van der Waals surface area contributed by atoms with Gasteiger partial charge in [0.05, 0.1) is 0 Å². The zero-order valence-corrected chi connectivity index (χ0v) is 16.3. The fourth-order valence-electron chi connectivity index (χ4n) is 3.30. The van der Waals surface area contributed by atoms with Crippen LogP contribution < -0.4 is 10.2 Å². The van der Waals surface area contributed by atoms with Gasteiger partial charge in [0, 0.05) is 11.9 Å². The summed E-state index contributed by atoms with van der Waals surface area (Å²) in [5.74, 6) is -0.876. The number of rotatable bonds is 2. The second-order valence-corrected chi connectivity index (χ2v) is 6.58. The molecule has 0 aromatic heterocycles. The molecular formula is C16H26O4Zn. The first-order valence-electron chi connectivity index (χ1n) is 7.81. The summed E-state index contributed by atoms with van der Waals surface area (Å²) in [4.78, 5) is 20.8. The van der Waals surface area contributed by atoms with Gasteiger partial charge in [0.15, 0.2) is 0 Å². The Labute approximate surface area is 140 Å². The first-order chi connectivity index (χ1) is 9.40. The summed E-state index contributed by atoms with van der Waals surface area (Å²) in [5.41, 5.74) is 0. The Kier molecular flexibility index (Phi) is 10.1. The average Bonchev–Trinajstić information content (AvgIpc) is 2.39. The minimum absolute atomic E-state index is 0. The van der Waals surface area contributed by atoms with Crippen LogP contribution in [0.3, 0.4) is 0 Å². The largest absolute Gasteiger partial charge is 2.00 e. The van der Waals surface area contributed by atoms with E-state index in [1.54, 1.807) is 0 Å². The van der Waals surface area contributed by atoms with Gasteiger partial charge in [0.25, 0.3) is 0 Å². The zero-order valence-electron chi connectivity index (χ0n) is 13.3. The maximum absolute atomic E-state index is 10.4. The Morgan fingerprint density at radius 1 is 0.762 bits per heavy atom. The van der Waals surface area contributed by atoms with E-state index in [1.807, 2.05) is 0 Å². The number of carbonyl (C=O) groups is 2. The molecule has 0 bridgehead atoms. The van der Waals surface area contributed by atoms with Crippen LogP contribution in [0.25, 0.3) is 0 Å². The molecule has 5 heteroatoms. The molecule has 0 aromatic carbocycles. The van der Waals surface area contributed by atoms with Crippen LogP contribution in [0.1, 0.15) is 65.2 Å². The van der Waals surface area contributed by atoms with Crippen molar-refractivity contribution in [1.29, 1.82) is 0 Å². The number of hydrogen-bond acceptors (Lipinski definition) is 4. The van der Waals surface area contributed by atoms with Crippen molar-refractivity contribution in [3.05, 3.63) is 0 Å². The van der Waals surface area contributed by atoms with E-state index in [9.17, 15) is 19.8 Å². The molecule has 2 rings (SSSR count). The molecule has 4 atom stereocenters. The van der Waals surface area contributed by atoms with Crippen molar-refractivity contribution in [1.82, 2.24) is 0 Å². The summed E-state index contributed by atoms with van der Waals surface area (Å²) in [5, 5.41) is 20.8. The van der Waals surface area contributed by atoms with E-state index in [1.165, 1.54) is 12.8 Å². The second-order valence-electron chi connectivity index (χ2n) is 6.58. The number of carbonyl (C=O) groups excluding carboxylic acids is 2. The molecule has 0 saturated heterocycles. The standard InChI is InChI=1S/2C8H14O2.Zn/c2*1-6-3-2-4-7(5-6)8(9)10;/h2*6-7H,2-5H2,1H3,(H,9,10);/q;;+2/p-2. The molecule has 0 N–H and O–H groups in total. The molecule has 2 aliphatic carbocycles. The van der Waals surface area contributed by atoms with E-state index in [-0.39, 0.29) is 31.3 Å². The first-order valence-corrected chi connectivity index (χ1v) is 7.81. The van der Waals surface area contributed by atoms with Gasteiger partial charge in [-0.05, 0) is 49.4 Å². The van der Waals surface area contributed by atoms with Gasteiger partial charge < -0.3 is 19.8 Å². The number of hydrogen-bond donors (Lipinski definition) is 0. The van der Waals surface area contributed by atoms with Crippen LogP contribution in [-0.4, -0.2) is 11.9 Å². The molecule has 0 aromatic rings. The molecule has 4 unspecified atom stereocenters. The van der Waals surface area contributed by atoms with E-state index in [4.69, 9.17) is 0 Å². The Morgan fingerprint density at radius 2 is 1.10 bits per heavy atom. The molecule has 116 valence electrons. The molecule has 0 radical (unpaired) electrons. The Bertz CT molecular complexity index is 300. The molecule has 0 aliphatic heterocycles. The average molecular weight is 348 g/mol. The van der Waals surface area contributed by atoms with Crippen molar-refractivity contribution in [3.8, 4) is 0 Å². The van der Waals surface area contributed by atoms with Gasteiger partial charge in [-0.25, -0.2) is 0 Å². The maximum Gasteiger partial charge on any atom is 2.00 e. The molecule has 2 aliphatic rings. The monoisotopic (exact) mass is 346 g/mol. The summed E-state index contributed by atoms with van der Waals surface area (Å²) >= 11 is 0. The van der Waals surface area contributed by atoms with Crippen LogP contribution >= 0.6 is 0 Å². The minimum atomic E-state index is -0.855. The Hall–Kier alpha value is -0.437. The third kappa shape index (κ3) is 7.94. The molecule has 4 nitrogen and oxygen atoms in total. The van der Waals surface area contributed by atoms with Crippen LogP contribution in [0.2, 0.25) is 0 Å². The predicted octanol–water partition coefficient (Wildman–Crippen LogP) is 1.12. The third-order valence-electron chi connectivity index (χ3n) is 4.54. The number of aliphatic carboxylic acids is 2. The van der Waals surface area contributed by atoms with E-state index < -0.39 is 11.9 Å². The van der Waals surface area contributed by atoms with Crippen LogP contribution in [0.15, 0.2) is 0 Å². The summed E-state index contributed by atoms with van der Waals surface area (Å²) < 4.78 is 0. The maximum atomic E-state index is 10.4. The van der Waals surface area contributed by atoms with Crippen LogP contribution in [-0.2, 0) is 29.1 Å². The number of carboxylic acids is 2. The van der Waals surface area contributed by atoms with E-state index in [2.05, 4.69) is 13.8 Å². The molecule has 21 heavy (non-hydrogen) atoms. The van der Waals surface area contributed by atoms with Gasteiger partial charge in [0.2, 0.25) is 0 Å². The van der Waals surface area contributed by atoms with Gasteiger partial charge in [-0.2, -0.15) is 0 Å². The van der Waals surface area contributed by atoms with E-state index >= 15 is 0 Å². The first kappa shape index (κ1) is 20.6. The minimum Gasteiger partial charge on any atom is -0.550 e. The molecule has 2 saturated carbocycles. The smallest absolute Gasteiger partial charge is 0.550 e. The molecule has 2 fully saturated rings. The normalized spacial score (nSPS) is 32.1. The van der Waals surface area contributed by atoms with Crippen molar-refractivity contribution >= 4 is 11.9 Å². The van der Waals surface area contributed by atoms with Gasteiger partial charge in [0.1, 0.15) is 0 Å². The van der Waals surface area contributed by atoms with Crippen LogP contribution in [0, 0.1) is 23.7 Å². The summed E-state index contributed by atoms with van der Waals surface area (Å²) in [6.45, 7) is 4.21. The van der Waals surface area contributed by atoms with Gasteiger partial charge >= 0.3 is 19.5 Å². The second kappa shape index (κ2) is 10.3.